The van der Waals surface area contributed by atoms with Gasteiger partial charge in [-0.3, -0.25) is 4.90 Å². The van der Waals surface area contributed by atoms with Crippen LogP contribution >= 0.6 is 11.3 Å². The van der Waals surface area contributed by atoms with Gasteiger partial charge in [0.1, 0.15) is 13.2 Å². The van der Waals surface area contributed by atoms with Crippen LogP contribution in [-0.2, 0) is 13.1 Å². The predicted molar refractivity (Wildman–Crippen MR) is 101 cm³/mol. The number of nitrogens with one attached hydrogen (secondary N) is 1. The summed E-state index contributed by atoms with van der Waals surface area (Å²) in [6.07, 6.45) is 0. The first-order chi connectivity index (χ1) is 12.8. The number of nitrogens with zero attached hydrogens (tertiary/aromatic N) is 2. The third-order valence-corrected chi connectivity index (χ3v) is 5.53. The minimum absolute atomic E-state index is 0.00402. The lowest BCUT2D eigenvalue weighted by Crippen LogP contribution is -2.51. The number of urea groups is 1. The van der Waals surface area contributed by atoms with Crippen LogP contribution in [0.5, 0.6) is 11.5 Å². The van der Waals surface area contributed by atoms with Crippen molar-refractivity contribution in [3.8, 4) is 11.5 Å². The van der Waals surface area contributed by atoms with Gasteiger partial charge < -0.3 is 19.7 Å². The van der Waals surface area contributed by atoms with Crippen molar-refractivity contribution in [3.05, 3.63) is 46.2 Å². The molecule has 138 valence electrons. The largest absolute Gasteiger partial charge is 0.486 e. The molecule has 0 aliphatic carbocycles. The number of piperazine rings is 1. The average Bonchev–Trinajstić information content (AvgIpc) is 3.19. The Kier molecular flexibility index (Phi) is 5.26. The zero-order chi connectivity index (χ0) is 17.8. The van der Waals surface area contributed by atoms with Gasteiger partial charge in [-0.25, -0.2) is 4.79 Å². The van der Waals surface area contributed by atoms with Crippen molar-refractivity contribution in [1.29, 1.82) is 0 Å². The maximum absolute atomic E-state index is 12.4. The van der Waals surface area contributed by atoms with Crippen LogP contribution in [0.15, 0.2) is 35.7 Å². The highest BCUT2D eigenvalue weighted by Gasteiger charge is 2.21. The highest BCUT2D eigenvalue weighted by Crippen LogP contribution is 2.30. The summed E-state index contributed by atoms with van der Waals surface area (Å²) in [6.45, 7) is 5.97. The average molecular weight is 373 g/mol. The standard InChI is InChI=1S/C19H23N3O3S/c23-19(20-13-15-3-4-17-18(12-15)25-10-9-24-17)22-7-5-21(6-8-22)14-16-2-1-11-26-16/h1-4,11-12H,5-10,13-14H2,(H,20,23). The van der Waals surface area contributed by atoms with E-state index in [-0.39, 0.29) is 6.03 Å². The van der Waals surface area contributed by atoms with Gasteiger partial charge in [-0.1, -0.05) is 12.1 Å². The Morgan fingerprint density at radius 1 is 1.08 bits per heavy atom. The number of carbonyl (C=O) groups is 1. The van der Waals surface area contributed by atoms with Gasteiger partial charge in [0.25, 0.3) is 0 Å². The number of ether oxygens (including phenoxy) is 2. The van der Waals surface area contributed by atoms with Crippen molar-refractivity contribution < 1.29 is 14.3 Å². The van der Waals surface area contributed by atoms with Gasteiger partial charge in [-0.2, -0.15) is 0 Å². The molecule has 0 radical (unpaired) electrons. The molecule has 1 N–H and O–H groups in total. The second kappa shape index (κ2) is 7.97. The van der Waals surface area contributed by atoms with Crippen molar-refractivity contribution in [3.63, 3.8) is 0 Å². The Labute approximate surface area is 157 Å². The van der Waals surface area contributed by atoms with Crippen LogP contribution in [0.3, 0.4) is 0 Å². The van der Waals surface area contributed by atoms with E-state index in [4.69, 9.17) is 9.47 Å². The lowest BCUT2D eigenvalue weighted by atomic mass is 10.2. The number of rotatable bonds is 4. The van der Waals surface area contributed by atoms with Gasteiger partial charge in [0.2, 0.25) is 0 Å². The predicted octanol–water partition coefficient (Wildman–Crippen LogP) is 2.55. The van der Waals surface area contributed by atoms with Crippen molar-refractivity contribution in [2.45, 2.75) is 13.1 Å². The van der Waals surface area contributed by atoms with Gasteiger partial charge in [-0.05, 0) is 29.1 Å². The van der Waals surface area contributed by atoms with Crippen LogP contribution in [0.25, 0.3) is 0 Å². The quantitative estimate of drug-likeness (QED) is 0.895. The summed E-state index contributed by atoms with van der Waals surface area (Å²) in [6, 6.07) is 10.1. The molecule has 2 aromatic rings. The molecule has 0 spiro atoms. The summed E-state index contributed by atoms with van der Waals surface area (Å²) in [5, 5.41) is 5.12. The van der Waals surface area contributed by atoms with E-state index in [9.17, 15) is 4.79 Å². The summed E-state index contributed by atoms with van der Waals surface area (Å²) in [5.41, 5.74) is 1.01. The Balaban J connectivity index is 1.24. The van der Waals surface area contributed by atoms with Gasteiger partial charge >= 0.3 is 6.03 Å². The van der Waals surface area contributed by atoms with Crippen molar-refractivity contribution in [2.75, 3.05) is 39.4 Å². The Bertz CT molecular complexity index is 742. The zero-order valence-corrected chi connectivity index (χ0v) is 15.5. The van der Waals surface area contributed by atoms with Crippen LogP contribution in [0, 0.1) is 0 Å². The lowest BCUT2D eigenvalue weighted by Gasteiger charge is -2.34. The molecule has 0 atom stereocenters. The normalized spacial score (nSPS) is 17.2. The number of amides is 2. The van der Waals surface area contributed by atoms with Gasteiger partial charge in [0.15, 0.2) is 11.5 Å². The maximum atomic E-state index is 12.4. The minimum atomic E-state index is -0.00402. The van der Waals surface area contributed by atoms with Gasteiger partial charge in [-0.15, -0.1) is 11.3 Å². The maximum Gasteiger partial charge on any atom is 0.317 e. The molecule has 0 unspecified atom stereocenters. The number of hydrogen-bond acceptors (Lipinski definition) is 5. The molecule has 1 fully saturated rings. The van der Waals surface area contributed by atoms with E-state index in [1.54, 1.807) is 11.3 Å². The van der Waals surface area contributed by atoms with E-state index in [1.807, 2.05) is 23.1 Å². The van der Waals surface area contributed by atoms with Crippen molar-refractivity contribution >= 4 is 17.4 Å². The molecule has 0 bridgehead atoms. The summed E-state index contributed by atoms with van der Waals surface area (Å²) in [7, 11) is 0. The first-order valence-electron chi connectivity index (χ1n) is 8.94. The highest BCUT2D eigenvalue weighted by atomic mass is 32.1. The molecule has 4 rings (SSSR count). The molecule has 1 aromatic carbocycles. The van der Waals surface area contributed by atoms with Crippen LogP contribution in [0.4, 0.5) is 4.79 Å². The lowest BCUT2D eigenvalue weighted by molar-refractivity contribution is 0.135. The fourth-order valence-corrected chi connectivity index (χ4v) is 3.97. The molecule has 26 heavy (non-hydrogen) atoms. The van der Waals surface area contributed by atoms with E-state index in [0.29, 0.717) is 19.8 Å². The summed E-state index contributed by atoms with van der Waals surface area (Å²) in [4.78, 5) is 18.1. The SMILES string of the molecule is O=C(NCc1ccc2c(c1)OCCO2)N1CCN(Cc2cccs2)CC1. The Hall–Kier alpha value is -2.25. The molecule has 3 heterocycles. The molecule has 0 saturated carbocycles. The number of thiophene rings is 1. The third-order valence-electron chi connectivity index (χ3n) is 4.67. The summed E-state index contributed by atoms with van der Waals surface area (Å²) in [5.74, 6) is 1.53. The fraction of sp³-hybridized carbons (Fsp3) is 0.421. The van der Waals surface area contributed by atoms with E-state index in [2.05, 4.69) is 27.7 Å². The number of hydrogen-bond donors (Lipinski definition) is 1. The van der Waals surface area contributed by atoms with Gasteiger partial charge in [0, 0.05) is 44.1 Å². The third kappa shape index (κ3) is 4.11. The van der Waals surface area contributed by atoms with E-state index >= 15 is 0 Å². The van der Waals surface area contributed by atoms with Crippen LogP contribution in [-0.4, -0.2) is 55.2 Å². The molecular formula is C19H23N3O3S. The van der Waals surface area contributed by atoms with E-state index in [0.717, 1.165) is 49.8 Å². The second-order valence-electron chi connectivity index (χ2n) is 6.48. The first-order valence-corrected chi connectivity index (χ1v) is 9.82. The monoisotopic (exact) mass is 373 g/mol. The summed E-state index contributed by atoms with van der Waals surface area (Å²) < 4.78 is 11.1. The first kappa shape index (κ1) is 17.2. The van der Waals surface area contributed by atoms with Crippen LogP contribution in [0.1, 0.15) is 10.4 Å². The Morgan fingerprint density at radius 3 is 2.65 bits per heavy atom. The minimum Gasteiger partial charge on any atom is -0.486 e. The van der Waals surface area contributed by atoms with Crippen molar-refractivity contribution in [1.82, 2.24) is 15.1 Å². The highest BCUT2D eigenvalue weighted by molar-refractivity contribution is 7.09. The van der Waals surface area contributed by atoms with E-state index in [1.165, 1.54) is 4.88 Å². The van der Waals surface area contributed by atoms with Crippen LogP contribution in [0.2, 0.25) is 0 Å². The molecular weight excluding hydrogens is 350 g/mol. The Morgan fingerprint density at radius 2 is 1.88 bits per heavy atom. The van der Waals surface area contributed by atoms with Crippen molar-refractivity contribution in [2.24, 2.45) is 0 Å². The topological polar surface area (TPSA) is 54.0 Å². The van der Waals surface area contributed by atoms with E-state index < -0.39 is 0 Å². The number of benzene rings is 1. The van der Waals surface area contributed by atoms with Gasteiger partial charge in [0.05, 0.1) is 0 Å². The second-order valence-corrected chi connectivity index (χ2v) is 7.51. The number of fused-ring (bicyclic) bond motifs is 1. The van der Waals surface area contributed by atoms with Crippen LogP contribution < -0.4 is 14.8 Å². The molecule has 1 aromatic heterocycles. The zero-order valence-electron chi connectivity index (χ0n) is 14.6. The molecule has 2 aliphatic heterocycles. The summed E-state index contributed by atoms with van der Waals surface area (Å²) >= 11 is 1.79. The molecule has 1 saturated heterocycles. The molecule has 7 heteroatoms. The molecule has 2 amide bonds. The fourth-order valence-electron chi connectivity index (χ4n) is 3.22. The molecule has 6 nitrogen and oxygen atoms in total. The molecule has 2 aliphatic rings. The smallest absolute Gasteiger partial charge is 0.317 e. The number of carbonyl (C=O) groups excluding carboxylic acids is 1.